The van der Waals surface area contributed by atoms with Gasteiger partial charge in [0, 0.05) is 23.6 Å². The van der Waals surface area contributed by atoms with E-state index in [1.165, 1.54) is 6.07 Å². The third-order valence-electron chi connectivity index (χ3n) is 5.53. The minimum absolute atomic E-state index is 0.0453. The standard InChI is InChI=1S/C27H31NO5S/c1-5-9-26(29)28(34(31,32)21-15-13-20(14-16-21)19(3)4)24-17-18-25(33-27(30)10-6-2)23-12-8-7-11-22(23)24/h7-8,11-19H,5-6,9-10H2,1-4H3. The van der Waals surface area contributed by atoms with E-state index in [1.807, 2.05) is 27.7 Å². The normalized spacial score (nSPS) is 11.6. The highest BCUT2D eigenvalue weighted by atomic mass is 32.2. The van der Waals surface area contributed by atoms with Crippen LogP contribution in [0.3, 0.4) is 0 Å². The average molecular weight is 482 g/mol. The third kappa shape index (κ3) is 5.30. The molecule has 0 fully saturated rings. The molecule has 3 rings (SSSR count). The second-order valence-corrected chi connectivity index (χ2v) is 10.3. The van der Waals surface area contributed by atoms with Crippen LogP contribution in [-0.2, 0) is 19.6 Å². The minimum atomic E-state index is -4.18. The Morgan fingerprint density at radius 1 is 0.853 bits per heavy atom. The number of fused-ring (bicyclic) bond motifs is 1. The highest BCUT2D eigenvalue weighted by Gasteiger charge is 2.32. The van der Waals surface area contributed by atoms with E-state index in [1.54, 1.807) is 54.6 Å². The first kappa shape index (κ1) is 25.4. The molecule has 0 aliphatic carbocycles. The van der Waals surface area contributed by atoms with Crippen molar-refractivity contribution < 1.29 is 22.7 Å². The summed E-state index contributed by atoms with van der Waals surface area (Å²) >= 11 is 0. The molecule has 34 heavy (non-hydrogen) atoms. The largest absolute Gasteiger partial charge is 0.426 e. The van der Waals surface area contributed by atoms with Gasteiger partial charge in [0.1, 0.15) is 5.75 Å². The van der Waals surface area contributed by atoms with Crippen LogP contribution >= 0.6 is 0 Å². The van der Waals surface area contributed by atoms with E-state index < -0.39 is 15.9 Å². The van der Waals surface area contributed by atoms with Crippen LogP contribution in [0, 0.1) is 0 Å². The molecule has 6 nitrogen and oxygen atoms in total. The fraction of sp³-hybridized carbons (Fsp3) is 0.333. The highest BCUT2D eigenvalue weighted by molar-refractivity contribution is 7.93. The Morgan fingerprint density at radius 3 is 2.06 bits per heavy atom. The van der Waals surface area contributed by atoms with Crippen LogP contribution in [0.25, 0.3) is 10.8 Å². The Bertz CT molecular complexity index is 1280. The summed E-state index contributed by atoms with van der Waals surface area (Å²) in [7, 11) is -4.18. The number of sulfonamides is 1. The lowest BCUT2D eigenvalue weighted by molar-refractivity contribution is -0.134. The molecule has 0 atom stereocenters. The van der Waals surface area contributed by atoms with Gasteiger partial charge in [0.05, 0.1) is 10.6 Å². The van der Waals surface area contributed by atoms with Crippen molar-refractivity contribution in [2.24, 2.45) is 0 Å². The van der Waals surface area contributed by atoms with Crippen LogP contribution in [0.2, 0.25) is 0 Å². The Hall–Kier alpha value is -3.19. The monoisotopic (exact) mass is 481 g/mol. The minimum Gasteiger partial charge on any atom is -0.426 e. The van der Waals surface area contributed by atoms with Gasteiger partial charge in [0.25, 0.3) is 10.0 Å². The molecule has 0 aliphatic rings. The number of esters is 1. The Labute approximate surface area is 201 Å². The number of hydrogen-bond acceptors (Lipinski definition) is 5. The zero-order valence-electron chi connectivity index (χ0n) is 20.1. The van der Waals surface area contributed by atoms with Gasteiger partial charge in [-0.25, -0.2) is 12.7 Å². The quantitative estimate of drug-likeness (QED) is 0.269. The van der Waals surface area contributed by atoms with Crippen LogP contribution in [-0.4, -0.2) is 20.3 Å². The van der Waals surface area contributed by atoms with Crippen molar-refractivity contribution >= 4 is 38.4 Å². The Morgan fingerprint density at radius 2 is 1.47 bits per heavy atom. The average Bonchev–Trinajstić information content (AvgIpc) is 2.81. The van der Waals surface area contributed by atoms with E-state index in [0.29, 0.717) is 29.4 Å². The van der Waals surface area contributed by atoms with Crippen LogP contribution in [0.4, 0.5) is 5.69 Å². The predicted molar refractivity (Wildman–Crippen MR) is 135 cm³/mol. The topological polar surface area (TPSA) is 80.8 Å². The fourth-order valence-electron chi connectivity index (χ4n) is 3.74. The van der Waals surface area contributed by atoms with Crippen molar-refractivity contribution in [2.45, 2.75) is 64.2 Å². The van der Waals surface area contributed by atoms with E-state index in [-0.39, 0.29) is 35.3 Å². The molecule has 1 amide bonds. The van der Waals surface area contributed by atoms with Crippen LogP contribution < -0.4 is 9.04 Å². The summed E-state index contributed by atoms with van der Waals surface area (Å²) in [6, 6.07) is 16.7. The molecule has 0 aromatic heterocycles. The molecule has 0 unspecified atom stereocenters. The lowest BCUT2D eigenvalue weighted by Crippen LogP contribution is -2.37. The van der Waals surface area contributed by atoms with Crippen molar-refractivity contribution in [3.63, 3.8) is 0 Å². The first-order chi connectivity index (χ1) is 16.2. The van der Waals surface area contributed by atoms with E-state index in [4.69, 9.17) is 4.74 Å². The molecule has 0 spiro atoms. The van der Waals surface area contributed by atoms with Crippen molar-refractivity contribution in [1.29, 1.82) is 0 Å². The molecule has 0 bridgehead atoms. The molecule has 0 aliphatic heterocycles. The van der Waals surface area contributed by atoms with Gasteiger partial charge in [-0.2, -0.15) is 0 Å². The second-order valence-electron chi connectivity index (χ2n) is 8.49. The number of carbonyl (C=O) groups is 2. The van der Waals surface area contributed by atoms with Crippen molar-refractivity contribution in [3.8, 4) is 5.75 Å². The summed E-state index contributed by atoms with van der Waals surface area (Å²) in [5.74, 6) is -0.297. The first-order valence-electron chi connectivity index (χ1n) is 11.6. The number of benzene rings is 3. The number of amides is 1. The van der Waals surface area contributed by atoms with Crippen LogP contribution in [0.5, 0.6) is 5.75 Å². The van der Waals surface area contributed by atoms with Gasteiger partial charge in [0.2, 0.25) is 5.91 Å². The first-order valence-corrected chi connectivity index (χ1v) is 13.0. The highest BCUT2D eigenvalue weighted by Crippen LogP contribution is 2.37. The molecule has 0 radical (unpaired) electrons. The summed E-state index contributed by atoms with van der Waals surface area (Å²) in [6.07, 6.45) is 1.51. The van der Waals surface area contributed by atoms with E-state index in [2.05, 4.69) is 0 Å². The number of nitrogens with zero attached hydrogens (tertiary/aromatic N) is 1. The van der Waals surface area contributed by atoms with Gasteiger partial charge >= 0.3 is 5.97 Å². The van der Waals surface area contributed by atoms with Gasteiger partial charge in [0.15, 0.2) is 0 Å². The maximum absolute atomic E-state index is 13.7. The number of ether oxygens (including phenoxy) is 1. The summed E-state index contributed by atoms with van der Waals surface area (Å²) in [4.78, 5) is 25.3. The molecular weight excluding hydrogens is 450 g/mol. The molecule has 0 heterocycles. The molecule has 3 aromatic rings. The third-order valence-corrected chi connectivity index (χ3v) is 7.28. The number of rotatable bonds is 9. The van der Waals surface area contributed by atoms with Gasteiger partial charge in [-0.05, 0) is 48.6 Å². The molecule has 0 N–H and O–H groups in total. The Kier molecular flexibility index (Phi) is 8.10. The molecule has 0 saturated carbocycles. The lowest BCUT2D eigenvalue weighted by Gasteiger charge is -2.25. The molecule has 7 heteroatoms. The number of carbonyl (C=O) groups excluding carboxylic acids is 2. The van der Waals surface area contributed by atoms with Gasteiger partial charge in [-0.1, -0.05) is 64.1 Å². The fourth-order valence-corrected chi connectivity index (χ4v) is 5.21. The van der Waals surface area contributed by atoms with E-state index in [0.717, 1.165) is 9.87 Å². The molecule has 3 aromatic carbocycles. The van der Waals surface area contributed by atoms with Crippen LogP contribution in [0.1, 0.15) is 64.9 Å². The summed E-state index contributed by atoms with van der Waals surface area (Å²) in [6.45, 7) is 7.77. The lowest BCUT2D eigenvalue weighted by atomic mass is 10.0. The maximum atomic E-state index is 13.7. The van der Waals surface area contributed by atoms with Crippen molar-refractivity contribution in [3.05, 3.63) is 66.2 Å². The SMILES string of the molecule is CCCC(=O)Oc1ccc(N(C(=O)CCC)S(=O)(=O)c2ccc(C(C)C)cc2)c2ccccc12. The smallest absolute Gasteiger partial charge is 0.311 e. The zero-order valence-corrected chi connectivity index (χ0v) is 20.9. The maximum Gasteiger partial charge on any atom is 0.311 e. The van der Waals surface area contributed by atoms with E-state index >= 15 is 0 Å². The van der Waals surface area contributed by atoms with Gasteiger partial charge < -0.3 is 4.74 Å². The summed E-state index contributed by atoms with van der Waals surface area (Å²) in [5.41, 5.74) is 1.24. The Balaban J connectivity index is 2.17. The van der Waals surface area contributed by atoms with Crippen molar-refractivity contribution in [2.75, 3.05) is 4.31 Å². The van der Waals surface area contributed by atoms with Gasteiger partial charge in [-0.3, -0.25) is 9.59 Å². The predicted octanol–water partition coefficient (Wildman–Crippen LogP) is 6.19. The van der Waals surface area contributed by atoms with E-state index in [9.17, 15) is 18.0 Å². The van der Waals surface area contributed by atoms with Crippen molar-refractivity contribution in [1.82, 2.24) is 0 Å². The van der Waals surface area contributed by atoms with Gasteiger partial charge in [-0.15, -0.1) is 0 Å². The summed E-state index contributed by atoms with van der Waals surface area (Å²) < 4.78 is 33.9. The molecule has 0 saturated heterocycles. The number of hydrogen-bond donors (Lipinski definition) is 0. The molecule has 180 valence electrons. The second kappa shape index (κ2) is 10.8. The summed E-state index contributed by atoms with van der Waals surface area (Å²) in [5, 5.41) is 1.07. The number of anilines is 1. The molecular formula is C27H31NO5S. The van der Waals surface area contributed by atoms with Crippen LogP contribution in [0.15, 0.2) is 65.6 Å². The zero-order chi connectivity index (χ0) is 24.9.